The van der Waals surface area contributed by atoms with Crippen molar-refractivity contribution in [1.82, 2.24) is 19.5 Å². The number of allylic oxidation sites excluding steroid dienone is 1. The molecular weight excluding hydrogens is 246 g/mol. The van der Waals surface area contributed by atoms with E-state index >= 15 is 0 Å². The number of aromatic amines is 1. The predicted molar refractivity (Wildman–Crippen MR) is 70.5 cm³/mol. The number of imidazole rings is 1. The minimum Gasteiger partial charge on any atom is -0.396 e. The zero-order chi connectivity index (χ0) is 13.6. The van der Waals surface area contributed by atoms with Crippen molar-refractivity contribution in [2.45, 2.75) is 19.4 Å². The molecule has 0 unspecified atom stereocenters. The van der Waals surface area contributed by atoms with Crippen molar-refractivity contribution in [1.29, 1.82) is 0 Å². The lowest BCUT2D eigenvalue weighted by Crippen LogP contribution is -2.14. The number of H-pyrrole nitrogens is 1. The van der Waals surface area contributed by atoms with Crippen molar-refractivity contribution in [3.63, 3.8) is 0 Å². The fraction of sp³-hybridized carbons (Fsp3) is 0.417. The molecule has 0 amide bonds. The molecule has 0 fully saturated rings. The van der Waals surface area contributed by atoms with Crippen molar-refractivity contribution < 1.29 is 5.11 Å². The van der Waals surface area contributed by atoms with Crippen LogP contribution < -0.4 is 11.3 Å². The van der Waals surface area contributed by atoms with Gasteiger partial charge in [0.05, 0.1) is 12.4 Å². The van der Waals surface area contributed by atoms with Crippen LogP contribution in [-0.2, 0) is 0 Å². The number of nitrogens with zero attached hydrogens (tertiary/aromatic N) is 3. The molecule has 1 aliphatic carbocycles. The van der Waals surface area contributed by atoms with E-state index < -0.39 is 0 Å². The molecule has 4 N–H and O–H groups in total. The van der Waals surface area contributed by atoms with Crippen LogP contribution in [0.5, 0.6) is 0 Å². The van der Waals surface area contributed by atoms with Gasteiger partial charge < -0.3 is 15.4 Å². The summed E-state index contributed by atoms with van der Waals surface area (Å²) >= 11 is 0. The molecule has 0 radical (unpaired) electrons. The van der Waals surface area contributed by atoms with E-state index in [1.807, 2.05) is 17.6 Å². The zero-order valence-corrected chi connectivity index (χ0v) is 10.5. The van der Waals surface area contributed by atoms with E-state index in [1.165, 1.54) is 0 Å². The SMILES string of the molecule is CC1=C[C@@H](CO)C[C@H]1n1cnc2c(=O)[nH]c(N)nc21. The monoisotopic (exact) mass is 261 g/mol. The van der Waals surface area contributed by atoms with E-state index in [-0.39, 0.29) is 35.6 Å². The summed E-state index contributed by atoms with van der Waals surface area (Å²) in [7, 11) is 0. The van der Waals surface area contributed by atoms with Crippen LogP contribution in [0.25, 0.3) is 11.2 Å². The first kappa shape index (κ1) is 11.9. The van der Waals surface area contributed by atoms with Crippen LogP contribution in [0.2, 0.25) is 0 Å². The van der Waals surface area contributed by atoms with Gasteiger partial charge in [-0.1, -0.05) is 11.6 Å². The van der Waals surface area contributed by atoms with Crippen molar-refractivity contribution in [2.24, 2.45) is 5.92 Å². The number of aliphatic hydroxyl groups excluding tert-OH is 1. The van der Waals surface area contributed by atoms with Crippen LogP contribution in [0.3, 0.4) is 0 Å². The number of nitrogen functional groups attached to an aromatic ring is 1. The van der Waals surface area contributed by atoms with Crippen LogP contribution in [0.15, 0.2) is 22.8 Å². The number of aromatic nitrogens is 4. The van der Waals surface area contributed by atoms with Crippen molar-refractivity contribution in [3.05, 3.63) is 28.3 Å². The number of anilines is 1. The fourth-order valence-electron chi connectivity index (χ4n) is 2.65. The maximum atomic E-state index is 11.7. The van der Waals surface area contributed by atoms with E-state index in [1.54, 1.807) is 6.33 Å². The quantitative estimate of drug-likeness (QED) is 0.669. The van der Waals surface area contributed by atoms with Gasteiger partial charge in [-0.15, -0.1) is 0 Å². The molecule has 3 rings (SSSR count). The van der Waals surface area contributed by atoms with E-state index in [0.29, 0.717) is 5.65 Å². The van der Waals surface area contributed by atoms with Gasteiger partial charge in [0.25, 0.3) is 5.56 Å². The third-order valence-electron chi connectivity index (χ3n) is 3.57. The number of nitrogens with two attached hydrogens (primary N) is 1. The lowest BCUT2D eigenvalue weighted by Gasteiger charge is -2.15. The summed E-state index contributed by atoms with van der Waals surface area (Å²) in [6.07, 6.45) is 4.43. The van der Waals surface area contributed by atoms with Crippen molar-refractivity contribution in [2.75, 3.05) is 12.3 Å². The van der Waals surface area contributed by atoms with Gasteiger partial charge in [0.2, 0.25) is 5.95 Å². The summed E-state index contributed by atoms with van der Waals surface area (Å²) in [5.41, 5.74) is 7.15. The predicted octanol–water partition coefficient (Wildman–Crippen LogP) is 0.201. The molecule has 7 heteroatoms. The van der Waals surface area contributed by atoms with Crippen molar-refractivity contribution in [3.8, 4) is 0 Å². The van der Waals surface area contributed by atoms with Crippen LogP contribution in [0, 0.1) is 5.92 Å². The summed E-state index contributed by atoms with van der Waals surface area (Å²) in [6, 6.07) is 0.0656. The Labute approximate surface area is 108 Å². The second-order valence-corrected chi connectivity index (χ2v) is 4.88. The molecule has 0 bridgehead atoms. The van der Waals surface area contributed by atoms with Crippen LogP contribution in [-0.4, -0.2) is 31.2 Å². The highest BCUT2D eigenvalue weighted by Gasteiger charge is 2.26. The Hall–Kier alpha value is -2.15. The highest BCUT2D eigenvalue weighted by atomic mass is 16.3. The Morgan fingerprint density at radius 1 is 1.63 bits per heavy atom. The highest BCUT2D eigenvalue weighted by Crippen LogP contribution is 2.35. The third-order valence-corrected chi connectivity index (χ3v) is 3.57. The van der Waals surface area contributed by atoms with Gasteiger partial charge in [-0.05, 0) is 13.3 Å². The molecule has 2 aromatic rings. The first-order valence-electron chi connectivity index (χ1n) is 6.11. The van der Waals surface area contributed by atoms with E-state index in [9.17, 15) is 9.90 Å². The molecular formula is C12H15N5O2. The van der Waals surface area contributed by atoms with Crippen molar-refractivity contribution >= 4 is 17.1 Å². The second kappa shape index (κ2) is 4.20. The lowest BCUT2D eigenvalue weighted by atomic mass is 10.1. The Bertz CT molecular complexity index is 714. The second-order valence-electron chi connectivity index (χ2n) is 4.88. The molecule has 1 aliphatic rings. The molecule has 2 atom stereocenters. The molecule has 2 aromatic heterocycles. The Morgan fingerprint density at radius 3 is 3.11 bits per heavy atom. The average Bonchev–Trinajstić information content (AvgIpc) is 2.92. The summed E-state index contributed by atoms with van der Waals surface area (Å²) < 4.78 is 1.85. The maximum Gasteiger partial charge on any atom is 0.280 e. The van der Waals surface area contributed by atoms with Gasteiger partial charge >= 0.3 is 0 Å². The molecule has 7 nitrogen and oxygen atoms in total. The van der Waals surface area contributed by atoms with Crippen LogP contribution in [0.4, 0.5) is 5.95 Å². The van der Waals surface area contributed by atoms with Gasteiger partial charge in [-0.3, -0.25) is 9.78 Å². The molecule has 0 saturated carbocycles. The van der Waals surface area contributed by atoms with Gasteiger partial charge in [-0.25, -0.2) is 4.98 Å². The standard InChI is InChI=1S/C12H15N5O2/c1-6-2-7(4-18)3-8(6)17-5-14-9-10(17)15-12(13)16-11(9)19/h2,5,7-8,18H,3-4H2,1H3,(H3,13,15,16,19)/t7-,8-/m1/s1. The molecule has 0 aromatic carbocycles. The topological polar surface area (TPSA) is 110 Å². The number of hydrogen-bond donors (Lipinski definition) is 3. The smallest absolute Gasteiger partial charge is 0.280 e. The Balaban J connectivity index is 2.12. The largest absolute Gasteiger partial charge is 0.396 e. The first-order valence-corrected chi connectivity index (χ1v) is 6.11. The minimum absolute atomic E-state index is 0.0656. The molecule has 100 valence electrons. The van der Waals surface area contributed by atoms with Gasteiger partial charge in [0.15, 0.2) is 11.2 Å². The number of hydrogen-bond acceptors (Lipinski definition) is 5. The number of aliphatic hydroxyl groups is 1. The van der Waals surface area contributed by atoms with Gasteiger partial charge in [-0.2, -0.15) is 4.98 Å². The van der Waals surface area contributed by atoms with Crippen LogP contribution >= 0.6 is 0 Å². The number of nitrogens with one attached hydrogen (secondary N) is 1. The summed E-state index contributed by atoms with van der Waals surface area (Å²) in [5, 5.41) is 9.24. The summed E-state index contributed by atoms with van der Waals surface area (Å²) in [5.74, 6) is 0.222. The first-order chi connectivity index (χ1) is 9.10. The molecule has 0 saturated heterocycles. The zero-order valence-electron chi connectivity index (χ0n) is 10.5. The van der Waals surface area contributed by atoms with E-state index in [2.05, 4.69) is 15.0 Å². The maximum absolute atomic E-state index is 11.7. The molecule has 19 heavy (non-hydrogen) atoms. The Morgan fingerprint density at radius 2 is 2.42 bits per heavy atom. The Kier molecular flexibility index (Phi) is 2.63. The molecule has 2 heterocycles. The normalized spacial score (nSPS) is 22.9. The van der Waals surface area contributed by atoms with E-state index in [4.69, 9.17) is 5.73 Å². The van der Waals surface area contributed by atoms with Gasteiger partial charge in [0, 0.05) is 12.5 Å². The summed E-state index contributed by atoms with van der Waals surface area (Å²) in [4.78, 5) is 22.4. The number of fused-ring (bicyclic) bond motifs is 1. The number of rotatable bonds is 2. The summed E-state index contributed by atoms with van der Waals surface area (Å²) in [6.45, 7) is 2.12. The third kappa shape index (κ3) is 1.82. The van der Waals surface area contributed by atoms with E-state index in [0.717, 1.165) is 12.0 Å². The minimum atomic E-state index is -0.334. The lowest BCUT2D eigenvalue weighted by molar-refractivity contribution is 0.244. The fourth-order valence-corrected chi connectivity index (χ4v) is 2.65. The molecule has 0 aliphatic heterocycles. The van der Waals surface area contributed by atoms with Gasteiger partial charge in [0.1, 0.15) is 0 Å². The highest BCUT2D eigenvalue weighted by molar-refractivity contribution is 5.70. The average molecular weight is 261 g/mol. The molecule has 0 spiro atoms. The van der Waals surface area contributed by atoms with Crippen LogP contribution in [0.1, 0.15) is 19.4 Å².